The molecule has 0 radical (unpaired) electrons. The Morgan fingerprint density at radius 3 is 2.95 bits per heavy atom. The number of carbonyl (C=O) groups excluding carboxylic acids is 1. The van der Waals surface area contributed by atoms with Crippen LogP contribution in [0.3, 0.4) is 0 Å². The largest absolute Gasteiger partial charge is 0.451 e. The molecule has 2 heterocycles. The van der Waals surface area contributed by atoms with E-state index in [2.05, 4.69) is 15.5 Å². The number of benzene rings is 1. The number of furan rings is 1. The zero-order valence-electron chi connectivity index (χ0n) is 12.6. The van der Waals surface area contributed by atoms with Gasteiger partial charge in [-0.3, -0.25) is 9.69 Å². The summed E-state index contributed by atoms with van der Waals surface area (Å²) in [6, 6.07) is 5.38. The van der Waals surface area contributed by atoms with Gasteiger partial charge in [-0.25, -0.2) is 0 Å². The van der Waals surface area contributed by atoms with E-state index in [0.29, 0.717) is 22.9 Å². The van der Waals surface area contributed by atoms with Gasteiger partial charge >= 0.3 is 0 Å². The number of fused-ring (bicyclic) bond motifs is 1. The van der Waals surface area contributed by atoms with E-state index in [4.69, 9.17) is 16.0 Å². The van der Waals surface area contributed by atoms with Gasteiger partial charge < -0.3 is 15.1 Å². The van der Waals surface area contributed by atoms with Crippen LogP contribution in [0.2, 0.25) is 5.02 Å². The highest BCUT2D eigenvalue weighted by molar-refractivity contribution is 6.31. The third kappa shape index (κ3) is 3.27. The first-order valence-electron chi connectivity index (χ1n) is 7.55. The first-order chi connectivity index (χ1) is 10.6. The Bertz CT molecular complexity index is 677. The summed E-state index contributed by atoms with van der Waals surface area (Å²) in [5.41, 5.74) is 1.52. The molecule has 0 saturated carbocycles. The predicted octanol–water partition coefficient (Wildman–Crippen LogP) is 2.03. The van der Waals surface area contributed by atoms with Crippen LogP contribution in [-0.4, -0.2) is 50.1 Å². The maximum Gasteiger partial charge on any atom is 0.287 e. The van der Waals surface area contributed by atoms with Gasteiger partial charge in [-0.05, 0) is 25.1 Å². The van der Waals surface area contributed by atoms with Gasteiger partial charge in [0.25, 0.3) is 5.91 Å². The Morgan fingerprint density at radius 1 is 1.41 bits per heavy atom. The van der Waals surface area contributed by atoms with E-state index in [1.54, 1.807) is 12.1 Å². The van der Waals surface area contributed by atoms with Crippen molar-refractivity contribution in [2.45, 2.75) is 6.92 Å². The molecule has 6 heteroatoms. The Kier molecular flexibility index (Phi) is 4.66. The number of piperazine rings is 1. The third-order valence-electron chi connectivity index (χ3n) is 4.03. The lowest BCUT2D eigenvalue weighted by atomic mass is 10.1. The van der Waals surface area contributed by atoms with Gasteiger partial charge in [-0.2, -0.15) is 0 Å². The molecule has 0 bridgehead atoms. The molecule has 1 saturated heterocycles. The van der Waals surface area contributed by atoms with Crippen molar-refractivity contribution >= 4 is 28.5 Å². The van der Waals surface area contributed by atoms with Gasteiger partial charge in [0.05, 0.1) is 0 Å². The van der Waals surface area contributed by atoms with Crippen LogP contribution in [0, 0.1) is 6.92 Å². The second-order valence-electron chi connectivity index (χ2n) is 5.54. The molecule has 0 atom stereocenters. The lowest BCUT2D eigenvalue weighted by molar-refractivity contribution is 0.0921. The van der Waals surface area contributed by atoms with E-state index in [-0.39, 0.29) is 5.91 Å². The van der Waals surface area contributed by atoms with Crippen molar-refractivity contribution in [3.8, 4) is 0 Å². The van der Waals surface area contributed by atoms with E-state index < -0.39 is 0 Å². The molecule has 5 nitrogen and oxygen atoms in total. The fraction of sp³-hybridized carbons (Fsp3) is 0.438. The molecule has 118 valence electrons. The van der Waals surface area contributed by atoms with Crippen molar-refractivity contribution in [1.82, 2.24) is 15.5 Å². The zero-order valence-corrected chi connectivity index (χ0v) is 13.4. The summed E-state index contributed by atoms with van der Waals surface area (Å²) in [7, 11) is 0. The third-order valence-corrected chi connectivity index (χ3v) is 4.26. The van der Waals surface area contributed by atoms with Crippen molar-refractivity contribution in [2.24, 2.45) is 0 Å². The molecular formula is C16H20ClN3O2. The number of nitrogens with zero attached hydrogens (tertiary/aromatic N) is 1. The predicted molar refractivity (Wildman–Crippen MR) is 87.6 cm³/mol. The summed E-state index contributed by atoms with van der Waals surface area (Å²) in [6.07, 6.45) is 0. The van der Waals surface area contributed by atoms with Gasteiger partial charge in [-0.1, -0.05) is 11.6 Å². The van der Waals surface area contributed by atoms with Gasteiger partial charge in [0.15, 0.2) is 5.76 Å². The molecule has 2 N–H and O–H groups in total. The first-order valence-corrected chi connectivity index (χ1v) is 7.93. The van der Waals surface area contributed by atoms with Crippen molar-refractivity contribution in [2.75, 3.05) is 39.3 Å². The summed E-state index contributed by atoms with van der Waals surface area (Å²) >= 11 is 6.00. The van der Waals surface area contributed by atoms with Gasteiger partial charge in [0.2, 0.25) is 0 Å². The number of halogens is 1. The molecule has 1 amide bonds. The summed E-state index contributed by atoms with van der Waals surface area (Å²) in [4.78, 5) is 14.6. The van der Waals surface area contributed by atoms with Crippen LogP contribution in [0.4, 0.5) is 0 Å². The second kappa shape index (κ2) is 6.69. The minimum Gasteiger partial charge on any atom is -0.451 e. The lowest BCUT2D eigenvalue weighted by Gasteiger charge is -2.26. The molecule has 0 aliphatic carbocycles. The lowest BCUT2D eigenvalue weighted by Crippen LogP contribution is -2.46. The van der Waals surface area contributed by atoms with E-state index in [1.165, 1.54) is 0 Å². The maximum atomic E-state index is 12.3. The number of amides is 1. The first kappa shape index (κ1) is 15.3. The standard InChI is InChI=1S/C16H20ClN3O2/c1-11-13-10-12(17)2-3-14(13)22-15(11)16(21)19-6-9-20-7-4-18-5-8-20/h2-3,10,18H,4-9H2,1H3,(H,19,21). The Morgan fingerprint density at radius 2 is 2.18 bits per heavy atom. The molecule has 3 rings (SSSR count). The quantitative estimate of drug-likeness (QED) is 0.904. The number of aryl methyl sites for hydroxylation is 1. The monoisotopic (exact) mass is 321 g/mol. The van der Waals surface area contributed by atoms with Crippen LogP contribution in [0.25, 0.3) is 11.0 Å². The average molecular weight is 322 g/mol. The number of hydrogen-bond donors (Lipinski definition) is 2. The molecule has 1 aromatic carbocycles. The minimum absolute atomic E-state index is 0.167. The van der Waals surface area contributed by atoms with E-state index in [0.717, 1.165) is 43.7 Å². The second-order valence-corrected chi connectivity index (χ2v) is 5.98. The molecule has 1 fully saturated rings. The van der Waals surface area contributed by atoms with Crippen LogP contribution in [0.5, 0.6) is 0 Å². The number of rotatable bonds is 4. The Labute approximate surface area is 134 Å². The highest BCUT2D eigenvalue weighted by atomic mass is 35.5. The SMILES string of the molecule is Cc1c(C(=O)NCCN2CCNCC2)oc2ccc(Cl)cc12. The normalized spacial score (nSPS) is 16.1. The summed E-state index contributed by atoms with van der Waals surface area (Å²) in [6.45, 7) is 7.44. The smallest absolute Gasteiger partial charge is 0.287 e. The van der Waals surface area contributed by atoms with E-state index >= 15 is 0 Å². The molecule has 22 heavy (non-hydrogen) atoms. The maximum absolute atomic E-state index is 12.3. The molecule has 0 unspecified atom stereocenters. The zero-order chi connectivity index (χ0) is 15.5. The average Bonchev–Trinajstić information content (AvgIpc) is 2.85. The number of hydrogen-bond acceptors (Lipinski definition) is 4. The number of nitrogens with one attached hydrogen (secondary N) is 2. The van der Waals surface area contributed by atoms with Crippen molar-refractivity contribution in [3.63, 3.8) is 0 Å². The molecule has 2 aromatic rings. The number of carbonyl (C=O) groups is 1. The summed E-state index contributed by atoms with van der Waals surface area (Å²) < 4.78 is 5.66. The topological polar surface area (TPSA) is 57.5 Å². The summed E-state index contributed by atoms with van der Waals surface area (Å²) in [5, 5.41) is 7.78. The van der Waals surface area contributed by atoms with Gasteiger partial charge in [0.1, 0.15) is 5.58 Å². The van der Waals surface area contributed by atoms with Crippen LogP contribution in [-0.2, 0) is 0 Å². The Balaban J connectivity index is 1.63. The van der Waals surface area contributed by atoms with Gasteiger partial charge in [-0.15, -0.1) is 0 Å². The van der Waals surface area contributed by atoms with Crippen LogP contribution < -0.4 is 10.6 Å². The highest BCUT2D eigenvalue weighted by Gasteiger charge is 2.18. The van der Waals surface area contributed by atoms with Crippen LogP contribution in [0.1, 0.15) is 16.1 Å². The fourth-order valence-corrected chi connectivity index (χ4v) is 2.92. The van der Waals surface area contributed by atoms with E-state index in [1.807, 2.05) is 13.0 Å². The summed E-state index contributed by atoms with van der Waals surface area (Å²) in [5.74, 6) is 0.206. The Hall–Kier alpha value is -1.56. The molecule has 1 aliphatic heterocycles. The van der Waals surface area contributed by atoms with Crippen molar-refractivity contribution in [3.05, 3.63) is 34.5 Å². The van der Waals surface area contributed by atoms with Crippen molar-refractivity contribution < 1.29 is 9.21 Å². The molecule has 0 spiro atoms. The van der Waals surface area contributed by atoms with Gasteiger partial charge in [0, 0.05) is 55.2 Å². The molecule has 1 aliphatic rings. The minimum atomic E-state index is -0.167. The van der Waals surface area contributed by atoms with Crippen LogP contribution in [0.15, 0.2) is 22.6 Å². The fourth-order valence-electron chi connectivity index (χ4n) is 2.75. The highest BCUT2D eigenvalue weighted by Crippen LogP contribution is 2.27. The molecule has 1 aromatic heterocycles. The van der Waals surface area contributed by atoms with Crippen LogP contribution >= 0.6 is 11.6 Å². The van der Waals surface area contributed by atoms with Crippen molar-refractivity contribution in [1.29, 1.82) is 0 Å². The van der Waals surface area contributed by atoms with E-state index in [9.17, 15) is 4.79 Å². The molecular weight excluding hydrogens is 302 g/mol.